The molecule has 0 aliphatic carbocycles. The number of ether oxygens (including phenoxy) is 1. The minimum Gasteiger partial charge on any atom is -0.497 e. The zero-order valence-electron chi connectivity index (χ0n) is 10.3. The second kappa shape index (κ2) is 5.31. The van der Waals surface area contributed by atoms with E-state index >= 15 is 0 Å². The van der Waals surface area contributed by atoms with Gasteiger partial charge in [-0.1, -0.05) is 17.7 Å². The van der Waals surface area contributed by atoms with Crippen LogP contribution in [0.4, 0.5) is 5.82 Å². The van der Waals surface area contributed by atoms with E-state index in [0.29, 0.717) is 17.1 Å². The Morgan fingerprint density at radius 2 is 1.94 bits per heavy atom. The molecule has 4 nitrogen and oxygen atoms in total. The van der Waals surface area contributed by atoms with E-state index in [2.05, 4.69) is 10.3 Å². The molecule has 0 saturated carbocycles. The summed E-state index contributed by atoms with van der Waals surface area (Å²) >= 11 is 0. The summed E-state index contributed by atoms with van der Waals surface area (Å²) in [7, 11) is 1.57. The topological polar surface area (TPSA) is 51.2 Å². The van der Waals surface area contributed by atoms with Crippen molar-refractivity contribution in [3.8, 4) is 5.75 Å². The molecule has 1 heterocycles. The van der Waals surface area contributed by atoms with Gasteiger partial charge in [-0.25, -0.2) is 4.98 Å². The number of hydrogen-bond donors (Lipinski definition) is 1. The minimum absolute atomic E-state index is 0.184. The van der Waals surface area contributed by atoms with Crippen LogP contribution in [0.1, 0.15) is 15.9 Å². The number of nitrogens with zero attached hydrogens (tertiary/aromatic N) is 1. The quantitative estimate of drug-likeness (QED) is 0.900. The van der Waals surface area contributed by atoms with Crippen molar-refractivity contribution in [2.24, 2.45) is 0 Å². The number of anilines is 1. The Kier molecular flexibility index (Phi) is 3.57. The Balaban J connectivity index is 2.13. The van der Waals surface area contributed by atoms with Crippen LogP contribution in [-0.4, -0.2) is 18.0 Å². The van der Waals surface area contributed by atoms with E-state index < -0.39 is 0 Å². The first-order valence-electron chi connectivity index (χ1n) is 5.57. The van der Waals surface area contributed by atoms with E-state index in [-0.39, 0.29) is 5.91 Å². The molecule has 0 spiro atoms. The molecule has 0 bridgehead atoms. The second-order valence-corrected chi connectivity index (χ2v) is 3.90. The lowest BCUT2D eigenvalue weighted by molar-refractivity contribution is 0.102. The van der Waals surface area contributed by atoms with Crippen molar-refractivity contribution in [3.05, 3.63) is 53.7 Å². The second-order valence-electron chi connectivity index (χ2n) is 3.90. The highest BCUT2D eigenvalue weighted by molar-refractivity contribution is 6.03. The summed E-state index contributed by atoms with van der Waals surface area (Å²) in [6.07, 6.45) is 1.59. The maximum absolute atomic E-state index is 11.9. The van der Waals surface area contributed by atoms with E-state index in [1.54, 1.807) is 37.6 Å². The summed E-state index contributed by atoms with van der Waals surface area (Å²) in [6.45, 7) is 1.98. The number of carbonyl (C=O) groups excluding carboxylic acids is 1. The molecule has 2 aromatic rings. The predicted octanol–water partition coefficient (Wildman–Crippen LogP) is 2.65. The normalized spacial score (nSPS) is 9.89. The number of hydrogen-bond acceptors (Lipinski definition) is 3. The highest BCUT2D eigenvalue weighted by atomic mass is 16.5. The molecule has 0 radical (unpaired) electrons. The SMILES string of the molecule is COc1ccnc(NC(=O)c2ccc(C)cc2)c1. The molecule has 0 aliphatic heterocycles. The molecule has 4 heteroatoms. The molecule has 92 valence electrons. The first-order chi connectivity index (χ1) is 8.69. The van der Waals surface area contributed by atoms with Crippen LogP contribution in [0.5, 0.6) is 5.75 Å². The fourth-order valence-corrected chi connectivity index (χ4v) is 1.50. The van der Waals surface area contributed by atoms with Crippen LogP contribution in [0.25, 0.3) is 0 Å². The number of benzene rings is 1. The molecule has 1 aromatic heterocycles. The number of nitrogens with one attached hydrogen (secondary N) is 1. The number of aromatic nitrogens is 1. The smallest absolute Gasteiger partial charge is 0.256 e. The molecular weight excluding hydrogens is 228 g/mol. The number of methoxy groups -OCH3 is 1. The van der Waals surface area contributed by atoms with Crippen molar-refractivity contribution < 1.29 is 9.53 Å². The number of amides is 1. The molecule has 0 fully saturated rings. The van der Waals surface area contributed by atoms with Crippen LogP contribution in [0.2, 0.25) is 0 Å². The Bertz CT molecular complexity index is 550. The molecular formula is C14H14N2O2. The largest absolute Gasteiger partial charge is 0.497 e. The molecule has 0 unspecified atom stereocenters. The fourth-order valence-electron chi connectivity index (χ4n) is 1.50. The van der Waals surface area contributed by atoms with Crippen LogP contribution in [0.15, 0.2) is 42.6 Å². The van der Waals surface area contributed by atoms with Crippen LogP contribution in [-0.2, 0) is 0 Å². The van der Waals surface area contributed by atoms with Gasteiger partial charge in [0.2, 0.25) is 0 Å². The minimum atomic E-state index is -0.184. The molecule has 1 aromatic carbocycles. The summed E-state index contributed by atoms with van der Waals surface area (Å²) in [5, 5.41) is 2.72. The van der Waals surface area contributed by atoms with Crippen molar-refractivity contribution >= 4 is 11.7 Å². The summed E-state index contributed by atoms with van der Waals surface area (Å²) in [4.78, 5) is 16.0. The van der Waals surface area contributed by atoms with Crippen molar-refractivity contribution in [3.63, 3.8) is 0 Å². The summed E-state index contributed by atoms with van der Waals surface area (Å²) in [5.74, 6) is 0.944. The van der Waals surface area contributed by atoms with Crippen LogP contribution >= 0.6 is 0 Å². The maximum atomic E-state index is 11.9. The van der Waals surface area contributed by atoms with Gasteiger partial charge in [-0.2, -0.15) is 0 Å². The molecule has 0 aliphatic rings. The van der Waals surface area contributed by atoms with Gasteiger partial charge in [0.1, 0.15) is 11.6 Å². The van der Waals surface area contributed by atoms with Crippen LogP contribution in [0.3, 0.4) is 0 Å². The van der Waals surface area contributed by atoms with Gasteiger partial charge in [-0.15, -0.1) is 0 Å². The van der Waals surface area contributed by atoms with Crippen molar-refractivity contribution in [1.29, 1.82) is 0 Å². The number of carbonyl (C=O) groups is 1. The molecule has 0 saturated heterocycles. The fraction of sp³-hybridized carbons (Fsp3) is 0.143. The number of aryl methyl sites for hydroxylation is 1. The first-order valence-corrected chi connectivity index (χ1v) is 5.57. The van der Waals surface area contributed by atoms with E-state index in [0.717, 1.165) is 5.56 Å². The lowest BCUT2D eigenvalue weighted by atomic mass is 10.1. The highest BCUT2D eigenvalue weighted by Gasteiger charge is 2.06. The van der Waals surface area contributed by atoms with E-state index in [4.69, 9.17) is 4.74 Å². The van der Waals surface area contributed by atoms with E-state index in [1.807, 2.05) is 19.1 Å². The van der Waals surface area contributed by atoms with Crippen molar-refractivity contribution in [1.82, 2.24) is 4.98 Å². The molecule has 2 rings (SSSR count). The molecule has 1 N–H and O–H groups in total. The lowest BCUT2D eigenvalue weighted by Gasteiger charge is -2.06. The zero-order chi connectivity index (χ0) is 13.0. The van der Waals surface area contributed by atoms with Gasteiger partial charge in [0.25, 0.3) is 5.91 Å². The highest BCUT2D eigenvalue weighted by Crippen LogP contribution is 2.14. The number of pyridine rings is 1. The van der Waals surface area contributed by atoms with E-state index in [9.17, 15) is 4.79 Å². The average Bonchev–Trinajstić information content (AvgIpc) is 2.39. The van der Waals surface area contributed by atoms with Crippen molar-refractivity contribution in [2.45, 2.75) is 6.92 Å². The Labute approximate surface area is 106 Å². The van der Waals surface area contributed by atoms with Gasteiger partial charge in [-0.3, -0.25) is 4.79 Å². The van der Waals surface area contributed by atoms with Crippen LogP contribution < -0.4 is 10.1 Å². The third kappa shape index (κ3) is 2.85. The van der Waals surface area contributed by atoms with E-state index in [1.165, 1.54) is 0 Å². The van der Waals surface area contributed by atoms with Gasteiger partial charge < -0.3 is 10.1 Å². The third-order valence-electron chi connectivity index (χ3n) is 2.52. The van der Waals surface area contributed by atoms with Gasteiger partial charge in [-0.05, 0) is 25.1 Å². The Morgan fingerprint density at radius 3 is 2.61 bits per heavy atom. The summed E-state index contributed by atoms with van der Waals surface area (Å²) < 4.78 is 5.07. The van der Waals surface area contributed by atoms with Crippen molar-refractivity contribution in [2.75, 3.05) is 12.4 Å². The summed E-state index contributed by atoms with van der Waals surface area (Å²) in [6, 6.07) is 10.8. The standard InChI is InChI=1S/C14H14N2O2/c1-10-3-5-11(6-4-10)14(17)16-13-9-12(18-2)7-8-15-13/h3-9H,1-2H3,(H,15,16,17). The van der Waals surface area contributed by atoms with Crippen LogP contribution in [0, 0.1) is 6.92 Å². The maximum Gasteiger partial charge on any atom is 0.256 e. The predicted molar refractivity (Wildman–Crippen MR) is 69.9 cm³/mol. The third-order valence-corrected chi connectivity index (χ3v) is 2.52. The van der Waals surface area contributed by atoms with Gasteiger partial charge in [0.05, 0.1) is 7.11 Å². The zero-order valence-corrected chi connectivity index (χ0v) is 10.3. The Morgan fingerprint density at radius 1 is 1.22 bits per heavy atom. The molecule has 1 amide bonds. The van der Waals surface area contributed by atoms with Gasteiger partial charge in [0, 0.05) is 17.8 Å². The lowest BCUT2D eigenvalue weighted by Crippen LogP contribution is -2.12. The average molecular weight is 242 g/mol. The number of rotatable bonds is 3. The summed E-state index contributed by atoms with van der Waals surface area (Å²) in [5.41, 5.74) is 1.72. The van der Waals surface area contributed by atoms with Gasteiger partial charge in [0.15, 0.2) is 0 Å². The van der Waals surface area contributed by atoms with Gasteiger partial charge >= 0.3 is 0 Å². The molecule has 0 atom stereocenters. The molecule has 18 heavy (non-hydrogen) atoms. The monoisotopic (exact) mass is 242 g/mol. The first kappa shape index (κ1) is 12.1. The Hall–Kier alpha value is -2.36.